The zero-order chi connectivity index (χ0) is 17.3. The number of nitriles is 1. The quantitative estimate of drug-likeness (QED) is 0.850. The minimum Gasteiger partial charge on any atom is -0.371 e. The molecule has 1 saturated heterocycles. The number of anilines is 1. The predicted octanol–water partition coefficient (Wildman–Crippen LogP) is 3.54. The first-order valence-corrected chi connectivity index (χ1v) is 9.00. The molecule has 1 aromatic rings. The van der Waals surface area contributed by atoms with E-state index in [0.29, 0.717) is 5.92 Å². The monoisotopic (exact) mass is 325 g/mol. The minimum absolute atomic E-state index is 0.0326. The van der Waals surface area contributed by atoms with Gasteiger partial charge in [-0.25, -0.2) is 0 Å². The van der Waals surface area contributed by atoms with Gasteiger partial charge < -0.3 is 9.80 Å². The third-order valence-electron chi connectivity index (χ3n) is 5.61. The average Bonchev–Trinajstić information content (AvgIpc) is 3.42. The number of amides is 1. The van der Waals surface area contributed by atoms with Crippen LogP contribution in [0.1, 0.15) is 51.0 Å². The van der Waals surface area contributed by atoms with Gasteiger partial charge in [-0.3, -0.25) is 4.79 Å². The first kappa shape index (κ1) is 16.8. The Kier molecular flexibility index (Phi) is 4.54. The molecule has 0 radical (unpaired) electrons. The second-order valence-corrected chi connectivity index (χ2v) is 7.58. The van der Waals surface area contributed by atoms with Gasteiger partial charge in [-0.1, -0.05) is 26.0 Å². The highest BCUT2D eigenvalue weighted by Gasteiger charge is 2.52. The summed E-state index contributed by atoms with van der Waals surface area (Å²) in [5.41, 5.74) is 1.95. The molecule has 1 saturated carbocycles. The SMILES string of the molecule is CC(C)c1cccc(N2CCC(N(C)C(=O)C3(C#N)CC3)CC2)c1. The Labute approximate surface area is 145 Å². The van der Waals surface area contributed by atoms with Gasteiger partial charge in [0.25, 0.3) is 0 Å². The molecule has 0 bridgehead atoms. The summed E-state index contributed by atoms with van der Waals surface area (Å²) in [5, 5.41) is 9.23. The summed E-state index contributed by atoms with van der Waals surface area (Å²) >= 11 is 0. The van der Waals surface area contributed by atoms with Crippen LogP contribution in [0.4, 0.5) is 5.69 Å². The number of carbonyl (C=O) groups is 1. The van der Waals surface area contributed by atoms with Crippen molar-refractivity contribution in [1.29, 1.82) is 5.26 Å². The Bertz CT molecular complexity index is 649. The Hall–Kier alpha value is -2.02. The van der Waals surface area contributed by atoms with E-state index in [1.165, 1.54) is 11.3 Å². The molecule has 4 nitrogen and oxygen atoms in total. The first-order chi connectivity index (χ1) is 11.5. The molecule has 1 aliphatic heterocycles. The highest BCUT2D eigenvalue weighted by molar-refractivity contribution is 5.88. The molecule has 1 amide bonds. The Balaban J connectivity index is 1.61. The fraction of sp³-hybridized carbons (Fsp3) is 0.600. The maximum absolute atomic E-state index is 12.5. The van der Waals surface area contributed by atoms with Gasteiger partial charge in [-0.15, -0.1) is 0 Å². The lowest BCUT2D eigenvalue weighted by Gasteiger charge is -2.38. The Morgan fingerprint density at radius 2 is 2.00 bits per heavy atom. The normalized spacial score (nSPS) is 19.9. The fourth-order valence-electron chi connectivity index (χ4n) is 3.59. The zero-order valence-corrected chi connectivity index (χ0v) is 15.0. The smallest absolute Gasteiger partial charge is 0.243 e. The molecule has 2 aliphatic rings. The maximum atomic E-state index is 12.5. The molecular formula is C20H27N3O. The molecule has 1 heterocycles. The van der Waals surface area contributed by atoms with E-state index in [9.17, 15) is 10.1 Å². The van der Waals surface area contributed by atoms with E-state index >= 15 is 0 Å². The Morgan fingerprint density at radius 1 is 1.33 bits per heavy atom. The molecular weight excluding hydrogens is 298 g/mol. The molecule has 1 aromatic carbocycles. The number of rotatable bonds is 4. The molecule has 24 heavy (non-hydrogen) atoms. The summed E-state index contributed by atoms with van der Waals surface area (Å²) in [6, 6.07) is 11.3. The van der Waals surface area contributed by atoms with Crippen molar-refractivity contribution in [2.45, 2.75) is 51.5 Å². The lowest BCUT2D eigenvalue weighted by molar-refractivity contribution is -0.136. The van der Waals surface area contributed by atoms with Crippen LogP contribution in [0.15, 0.2) is 24.3 Å². The fourth-order valence-corrected chi connectivity index (χ4v) is 3.59. The highest BCUT2D eigenvalue weighted by Crippen LogP contribution is 2.46. The number of hydrogen-bond donors (Lipinski definition) is 0. The van der Waals surface area contributed by atoms with Gasteiger partial charge in [0.15, 0.2) is 0 Å². The number of benzene rings is 1. The van der Waals surface area contributed by atoms with Crippen molar-refractivity contribution in [2.75, 3.05) is 25.0 Å². The molecule has 0 aromatic heterocycles. The third kappa shape index (κ3) is 3.13. The summed E-state index contributed by atoms with van der Waals surface area (Å²) in [6.07, 6.45) is 3.40. The van der Waals surface area contributed by atoms with Gasteiger partial charge >= 0.3 is 0 Å². The average molecular weight is 325 g/mol. The molecule has 0 unspecified atom stereocenters. The van der Waals surface area contributed by atoms with Gasteiger partial charge in [0, 0.05) is 31.9 Å². The third-order valence-corrected chi connectivity index (χ3v) is 5.61. The maximum Gasteiger partial charge on any atom is 0.243 e. The zero-order valence-electron chi connectivity index (χ0n) is 15.0. The molecule has 0 N–H and O–H groups in total. The van der Waals surface area contributed by atoms with E-state index in [4.69, 9.17) is 0 Å². The molecule has 3 rings (SSSR count). The molecule has 0 spiro atoms. The summed E-state index contributed by atoms with van der Waals surface area (Å²) in [4.78, 5) is 16.8. The van der Waals surface area contributed by atoms with E-state index in [-0.39, 0.29) is 11.9 Å². The summed E-state index contributed by atoms with van der Waals surface area (Å²) in [7, 11) is 1.87. The largest absolute Gasteiger partial charge is 0.371 e. The van der Waals surface area contributed by atoms with E-state index in [0.717, 1.165) is 38.8 Å². The molecule has 0 atom stereocenters. The topological polar surface area (TPSA) is 47.3 Å². The van der Waals surface area contributed by atoms with Crippen LogP contribution >= 0.6 is 0 Å². The molecule has 2 fully saturated rings. The van der Waals surface area contributed by atoms with Gasteiger partial charge in [0.05, 0.1) is 6.07 Å². The van der Waals surface area contributed by atoms with Crippen LogP contribution in [0, 0.1) is 16.7 Å². The standard InChI is InChI=1S/C20H27N3O/c1-15(2)16-5-4-6-18(13-16)23-11-7-17(8-12-23)22(3)19(24)20(14-21)9-10-20/h4-6,13,15,17H,7-12H2,1-3H3. The summed E-state index contributed by atoms with van der Waals surface area (Å²) in [5.74, 6) is 0.567. The number of hydrogen-bond acceptors (Lipinski definition) is 3. The van der Waals surface area contributed by atoms with Crippen LogP contribution in [0.3, 0.4) is 0 Å². The molecule has 4 heteroatoms. The van der Waals surface area contributed by atoms with Gasteiger partial charge in [-0.2, -0.15) is 5.26 Å². The highest BCUT2D eigenvalue weighted by atomic mass is 16.2. The van der Waals surface area contributed by atoms with Crippen LogP contribution in [0.2, 0.25) is 0 Å². The number of carbonyl (C=O) groups excluding carboxylic acids is 1. The lowest BCUT2D eigenvalue weighted by Crippen LogP contribution is -2.47. The van der Waals surface area contributed by atoms with Crippen molar-refractivity contribution in [1.82, 2.24) is 4.90 Å². The van der Waals surface area contributed by atoms with Crippen molar-refractivity contribution >= 4 is 11.6 Å². The number of piperidine rings is 1. The molecule has 1 aliphatic carbocycles. The van der Waals surface area contributed by atoms with E-state index in [1.807, 2.05) is 11.9 Å². The first-order valence-electron chi connectivity index (χ1n) is 9.00. The van der Waals surface area contributed by atoms with E-state index in [1.54, 1.807) is 0 Å². The molecule has 128 valence electrons. The second kappa shape index (κ2) is 6.47. The lowest BCUT2D eigenvalue weighted by atomic mass is 9.98. The van der Waals surface area contributed by atoms with Crippen LogP contribution in [-0.4, -0.2) is 37.0 Å². The van der Waals surface area contributed by atoms with Crippen LogP contribution in [0.25, 0.3) is 0 Å². The van der Waals surface area contributed by atoms with E-state index < -0.39 is 5.41 Å². The van der Waals surface area contributed by atoms with Crippen LogP contribution < -0.4 is 4.90 Å². The van der Waals surface area contributed by atoms with Crippen molar-refractivity contribution < 1.29 is 4.79 Å². The van der Waals surface area contributed by atoms with Crippen molar-refractivity contribution in [3.05, 3.63) is 29.8 Å². The second-order valence-electron chi connectivity index (χ2n) is 7.58. The minimum atomic E-state index is -0.697. The van der Waals surface area contributed by atoms with Crippen LogP contribution in [-0.2, 0) is 4.79 Å². The van der Waals surface area contributed by atoms with Crippen molar-refractivity contribution in [3.8, 4) is 6.07 Å². The summed E-state index contributed by atoms with van der Waals surface area (Å²) in [6.45, 7) is 6.36. The van der Waals surface area contributed by atoms with Crippen LogP contribution in [0.5, 0.6) is 0 Å². The Morgan fingerprint density at radius 3 is 2.54 bits per heavy atom. The van der Waals surface area contributed by atoms with Gasteiger partial charge in [0.1, 0.15) is 5.41 Å². The van der Waals surface area contributed by atoms with Gasteiger partial charge in [-0.05, 0) is 49.3 Å². The number of nitrogens with zero attached hydrogens (tertiary/aromatic N) is 3. The summed E-state index contributed by atoms with van der Waals surface area (Å²) < 4.78 is 0. The van der Waals surface area contributed by atoms with Gasteiger partial charge in [0.2, 0.25) is 5.91 Å². The van der Waals surface area contributed by atoms with Crippen molar-refractivity contribution in [2.24, 2.45) is 5.41 Å². The van der Waals surface area contributed by atoms with E-state index in [2.05, 4.69) is 49.1 Å². The van der Waals surface area contributed by atoms with Crippen molar-refractivity contribution in [3.63, 3.8) is 0 Å². The predicted molar refractivity (Wildman–Crippen MR) is 95.8 cm³/mol.